The summed E-state index contributed by atoms with van der Waals surface area (Å²) in [6.07, 6.45) is 0.0738. The number of carbonyl (C=O) groups is 1. The van der Waals surface area contributed by atoms with Gasteiger partial charge in [0.05, 0.1) is 23.5 Å². The zero-order valence-corrected chi connectivity index (χ0v) is 10.7. The van der Waals surface area contributed by atoms with Gasteiger partial charge in [-0.3, -0.25) is 9.69 Å². The van der Waals surface area contributed by atoms with E-state index in [1.54, 1.807) is 0 Å². The SMILES string of the molecule is CC1CS(=O)(=O)CCN1C1(CC(=O)O)CNC1. The van der Waals surface area contributed by atoms with Crippen molar-refractivity contribution in [3.05, 3.63) is 0 Å². The second kappa shape index (κ2) is 4.22. The second-order valence-corrected chi connectivity index (χ2v) is 7.28. The van der Waals surface area contributed by atoms with E-state index < -0.39 is 15.8 Å². The highest BCUT2D eigenvalue weighted by Crippen LogP contribution is 2.29. The second-order valence-electron chi connectivity index (χ2n) is 5.06. The third-order valence-corrected chi connectivity index (χ3v) is 5.46. The zero-order chi connectivity index (χ0) is 12.7. The van der Waals surface area contributed by atoms with E-state index in [9.17, 15) is 13.2 Å². The van der Waals surface area contributed by atoms with Gasteiger partial charge in [0, 0.05) is 25.7 Å². The van der Waals surface area contributed by atoms with Crippen LogP contribution in [0.4, 0.5) is 0 Å². The average Bonchev–Trinajstić information content (AvgIpc) is 2.10. The van der Waals surface area contributed by atoms with Gasteiger partial charge in [-0.2, -0.15) is 0 Å². The van der Waals surface area contributed by atoms with Crippen molar-refractivity contribution in [2.24, 2.45) is 0 Å². The van der Waals surface area contributed by atoms with Crippen molar-refractivity contribution in [2.45, 2.75) is 24.9 Å². The highest BCUT2D eigenvalue weighted by atomic mass is 32.2. The Balaban J connectivity index is 2.13. The molecule has 6 nitrogen and oxygen atoms in total. The summed E-state index contributed by atoms with van der Waals surface area (Å²) >= 11 is 0. The lowest BCUT2D eigenvalue weighted by molar-refractivity contribution is -0.142. The van der Waals surface area contributed by atoms with Gasteiger partial charge in [-0.25, -0.2) is 8.42 Å². The largest absolute Gasteiger partial charge is 0.481 e. The minimum atomic E-state index is -2.95. The molecule has 0 amide bonds. The van der Waals surface area contributed by atoms with Crippen LogP contribution in [0.2, 0.25) is 0 Å². The van der Waals surface area contributed by atoms with Crippen molar-refractivity contribution < 1.29 is 18.3 Å². The molecule has 2 heterocycles. The number of rotatable bonds is 3. The fourth-order valence-corrected chi connectivity index (χ4v) is 4.38. The van der Waals surface area contributed by atoms with Crippen molar-refractivity contribution >= 4 is 15.8 Å². The Kier molecular flexibility index (Phi) is 3.17. The summed E-state index contributed by atoms with van der Waals surface area (Å²) in [5.74, 6) is -0.556. The van der Waals surface area contributed by atoms with Gasteiger partial charge in [0.1, 0.15) is 0 Å². The van der Waals surface area contributed by atoms with Crippen molar-refractivity contribution in [1.82, 2.24) is 10.2 Å². The molecule has 1 atom stereocenters. The van der Waals surface area contributed by atoms with Crippen molar-refractivity contribution in [1.29, 1.82) is 0 Å². The highest BCUT2D eigenvalue weighted by molar-refractivity contribution is 7.91. The lowest BCUT2D eigenvalue weighted by Crippen LogP contribution is -2.73. The molecule has 0 radical (unpaired) electrons. The third-order valence-electron chi connectivity index (χ3n) is 3.67. The van der Waals surface area contributed by atoms with Gasteiger partial charge in [-0.05, 0) is 6.92 Å². The quantitative estimate of drug-likeness (QED) is 0.673. The minimum Gasteiger partial charge on any atom is -0.481 e. The Morgan fingerprint density at radius 2 is 2.18 bits per heavy atom. The molecular weight excluding hydrogens is 244 g/mol. The van der Waals surface area contributed by atoms with Gasteiger partial charge in [-0.1, -0.05) is 0 Å². The van der Waals surface area contributed by atoms with Gasteiger partial charge >= 0.3 is 5.97 Å². The molecule has 17 heavy (non-hydrogen) atoms. The Bertz CT molecular complexity index is 416. The zero-order valence-electron chi connectivity index (χ0n) is 9.85. The van der Waals surface area contributed by atoms with E-state index in [4.69, 9.17) is 5.11 Å². The number of sulfone groups is 1. The maximum atomic E-state index is 11.5. The molecule has 2 aliphatic heterocycles. The summed E-state index contributed by atoms with van der Waals surface area (Å²) in [5.41, 5.74) is -0.388. The number of hydrogen-bond donors (Lipinski definition) is 2. The average molecular weight is 262 g/mol. The Morgan fingerprint density at radius 3 is 2.59 bits per heavy atom. The lowest BCUT2D eigenvalue weighted by atomic mass is 9.85. The normalized spacial score (nSPS) is 31.7. The maximum Gasteiger partial charge on any atom is 0.305 e. The van der Waals surface area contributed by atoms with Crippen LogP contribution in [0.3, 0.4) is 0 Å². The molecule has 1 unspecified atom stereocenters. The van der Waals surface area contributed by atoms with Gasteiger partial charge in [0.2, 0.25) is 0 Å². The van der Waals surface area contributed by atoms with Crippen molar-refractivity contribution in [3.8, 4) is 0 Å². The first-order valence-electron chi connectivity index (χ1n) is 5.74. The van der Waals surface area contributed by atoms with Crippen LogP contribution in [0.15, 0.2) is 0 Å². The summed E-state index contributed by atoms with van der Waals surface area (Å²) in [4.78, 5) is 13.0. The molecule has 2 rings (SSSR count). The summed E-state index contributed by atoms with van der Waals surface area (Å²) < 4.78 is 23.0. The molecule has 0 aromatic carbocycles. The third kappa shape index (κ3) is 2.46. The van der Waals surface area contributed by atoms with E-state index in [1.807, 2.05) is 6.92 Å². The Morgan fingerprint density at radius 1 is 1.53 bits per heavy atom. The molecule has 0 aromatic heterocycles. The molecule has 0 aliphatic carbocycles. The molecule has 0 saturated carbocycles. The lowest BCUT2D eigenvalue weighted by Gasteiger charge is -2.53. The predicted molar refractivity (Wildman–Crippen MR) is 62.7 cm³/mol. The molecule has 0 spiro atoms. The van der Waals surface area contributed by atoms with Crippen LogP contribution in [0, 0.1) is 0 Å². The number of aliphatic carboxylic acids is 1. The Labute approximate surface area is 101 Å². The number of carboxylic acids is 1. The standard InChI is InChI=1S/C10H18N2O4S/c1-8-5-17(15,16)3-2-12(8)10(4-9(13)14)6-11-7-10/h8,11H,2-7H2,1H3,(H,13,14). The summed E-state index contributed by atoms with van der Waals surface area (Å²) in [6, 6.07) is -0.102. The van der Waals surface area contributed by atoms with E-state index in [0.717, 1.165) is 0 Å². The van der Waals surface area contributed by atoms with Crippen LogP contribution in [0.1, 0.15) is 13.3 Å². The Hall–Kier alpha value is -0.660. The fourth-order valence-electron chi connectivity index (χ4n) is 2.83. The predicted octanol–water partition coefficient (Wildman–Crippen LogP) is -1.08. The molecule has 0 aromatic rings. The maximum absolute atomic E-state index is 11.5. The van der Waals surface area contributed by atoms with Gasteiger partial charge in [0.25, 0.3) is 0 Å². The van der Waals surface area contributed by atoms with Crippen LogP contribution >= 0.6 is 0 Å². The summed E-state index contributed by atoms with van der Waals surface area (Å²) in [7, 11) is -2.95. The molecule has 98 valence electrons. The van der Waals surface area contributed by atoms with Crippen molar-refractivity contribution in [3.63, 3.8) is 0 Å². The van der Waals surface area contributed by atoms with E-state index in [2.05, 4.69) is 10.2 Å². The highest BCUT2D eigenvalue weighted by Gasteiger charge is 2.48. The molecule has 0 bridgehead atoms. The van der Waals surface area contributed by atoms with Crippen molar-refractivity contribution in [2.75, 3.05) is 31.1 Å². The van der Waals surface area contributed by atoms with E-state index in [1.165, 1.54) is 0 Å². The van der Waals surface area contributed by atoms with Crippen LogP contribution in [0.25, 0.3) is 0 Å². The number of hydrogen-bond acceptors (Lipinski definition) is 5. The van der Waals surface area contributed by atoms with Crippen LogP contribution in [0.5, 0.6) is 0 Å². The van der Waals surface area contributed by atoms with E-state index in [0.29, 0.717) is 19.6 Å². The number of nitrogens with zero attached hydrogens (tertiary/aromatic N) is 1. The smallest absolute Gasteiger partial charge is 0.305 e. The topological polar surface area (TPSA) is 86.7 Å². The van der Waals surface area contributed by atoms with Crippen LogP contribution in [-0.4, -0.2) is 67.1 Å². The first-order chi connectivity index (χ1) is 7.85. The van der Waals surface area contributed by atoms with Gasteiger partial charge < -0.3 is 10.4 Å². The van der Waals surface area contributed by atoms with Gasteiger partial charge in [0.15, 0.2) is 9.84 Å². The van der Waals surface area contributed by atoms with E-state index >= 15 is 0 Å². The molecule has 2 aliphatic rings. The monoisotopic (exact) mass is 262 g/mol. The fraction of sp³-hybridized carbons (Fsp3) is 0.900. The van der Waals surface area contributed by atoms with Gasteiger partial charge in [-0.15, -0.1) is 0 Å². The molecule has 7 heteroatoms. The summed E-state index contributed by atoms with van der Waals surface area (Å²) in [6.45, 7) is 3.56. The van der Waals surface area contributed by atoms with Crippen LogP contribution < -0.4 is 5.32 Å². The number of carboxylic acid groups (broad SMARTS) is 1. The number of nitrogens with one attached hydrogen (secondary N) is 1. The van der Waals surface area contributed by atoms with E-state index in [-0.39, 0.29) is 29.5 Å². The molecule has 2 fully saturated rings. The summed E-state index contributed by atoms with van der Waals surface area (Å²) in [5, 5.41) is 12.1. The first kappa shape index (κ1) is 12.8. The molecule has 2 saturated heterocycles. The molecule has 2 N–H and O–H groups in total. The first-order valence-corrected chi connectivity index (χ1v) is 7.56. The minimum absolute atomic E-state index is 0.0738. The van der Waals surface area contributed by atoms with Crippen LogP contribution in [-0.2, 0) is 14.6 Å². The molecular formula is C10H18N2O4S.